The Kier molecular flexibility index (Phi) is 7.75. The zero-order valence-electron chi connectivity index (χ0n) is 19.5. The second kappa shape index (κ2) is 10.8. The van der Waals surface area contributed by atoms with Crippen LogP contribution in [0, 0.1) is 6.92 Å². The van der Waals surface area contributed by atoms with Crippen molar-refractivity contribution in [3.05, 3.63) is 56.8 Å². The van der Waals surface area contributed by atoms with Gasteiger partial charge >= 0.3 is 0 Å². The minimum absolute atomic E-state index is 0.0748. The van der Waals surface area contributed by atoms with E-state index in [1.54, 1.807) is 45.4 Å². The van der Waals surface area contributed by atoms with Gasteiger partial charge in [0.1, 0.15) is 17.2 Å². The molecule has 8 nitrogen and oxygen atoms in total. The summed E-state index contributed by atoms with van der Waals surface area (Å²) in [6.45, 7) is 4.95. The number of allylic oxidation sites excluding steroid dienone is 1. The van der Waals surface area contributed by atoms with Gasteiger partial charge < -0.3 is 28.8 Å². The minimum Gasteiger partial charge on any atom is -0.507 e. The van der Waals surface area contributed by atoms with Gasteiger partial charge in [0.05, 0.1) is 30.9 Å². The minimum atomic E-state index is -0.255. The van der Waals surface area contributed by atoms with Gasteiger partial charge in [0.2, 0.25) is 5.78 Å². The van der Waals surface area contributed by atoms with E-state index in [-0.39, 0.29) is 24.1 Å². The van der Waals surface area contributed by atoms with Gasteiger partial charge in [-0.1, -0.05) is 11.6 Å². The maximum absolute atomic E-state index is 13.3. The van der Waals surface area contributed by atoms with Gasteiger partial charge in [0, 0.05) is 50.0 Å². The maximum atomic E-state index is 13.3. The fraction of sp³-hybridized carbons (Fsp3) is 0.400. The molecule has 2 heterocycles. The van der Waals surface area contributed by atoms with Crippen molar-refractivity contribution in [3.8, 4) is 17.2 Å². The van der Waals surface area contributed by atoms with E-state index in [9.17, 15) is 9.90 Å². The number of nitrogens with zero attached hydrogens (tertiary/aromatic N) is 1. The summed E-state index contributed by atoms with van der Waals surface area (Å²) >= 11 is 6.28. The van der Waals surface area contributed by atoms with Crippen LogP contribution in [-0.2, 0) is 27.4 Å². The molecule has 4 rings (SSSR count). The predicted molar refractivity (Wildman–Crippen MR) is 127 cm³/mol. The van der Waals surface area contributed by atoms with Crippen molar-refractivity contribution < 1.29 is 33.6 Å². The predicted octanol–water partition coefficient (Wildman–Crippen LogP) is 3.93. The average Bonchev–Trinajstić information content (AvgIpc) is 3.14. The number of halogens is 1. The third-order valence-electron chi connectivity index (χ3n) is 5.82. The fourth-order valence-electron chi connectivity index (χ4n) is 4.12. The van der Waals surface area contributed by atoms with E-state index in [1.807, 2.05) is 0 Å². The lowest BCUT2D eigenvalue weighted by Crippen LogP contribution is -2.30. The fourth-order valence-corrected chi connectivity index (χ4v) is 4.37. The molecule has 0 saturated heterocycles. The van der Waals surface area contributed by atoms with E-state index >= 15 is 0 Å². The number of ketones is 1. The van der Waals surface area contributed by atoms with Gasteiger partial charge in [-0.15, -0.1) is 0 Å². The van der Waals surface area contributed by atoms with Gasteiger partial charge in [-0.25, -0.2) is 0 Å². The quantitative estimate of drug-likeness (QED) is 0.530. The molecule has 0 bridgehead atoms. The number of aromatic hydroxyl groups is 1. The van der Waals surface area contributed by atoms with Crippen LogP contribution in [0.15, 0.2) is 24.0 Å². The molecule has 0 aromatic heterocycles. The summed E-state index contributed by atoms with van der Waals surface area (Å²) in [6, 6.07) is 5.10. The number of ether oxygens (including phenoxy) is 5. The first-order valence-electron chi connectivity index (χ1n) is 11.0. The third kappa shape index (κ3) is 5.06. The van der Waals surface area contributed by atoms with Crippen molar-refractivity contribution in [1.29, 1.82) is 0 Å². The third-order valence-corrected chi connectivity index (χ3v) is 6.03. The lowest BCUT2D eigenvalue weighted by atomic mass is 9.98. The number of phenols is 1. The van der Waals surface area contributed by atoms with Crippen LogP contribution in [0.1, 0.15) is 32.6 Å². The highest BCUT2D eigenvalue weighted by Crippen LogP contribution is 2.43. The van der Waals surface area contributed by atoms with Crippen LogP contribution in [0.4, 0.5) is 0 Å². The van der Waals surface area contributed by atoms with Crippen LogP contribution in [0.5, 0.6) is 17.2 Å². The van der Waals surface area contributed by atoms with E-state index in [2.05, 4.69) is 4.90 Å². The topological polar surface area (TPSA) is 86.7 Å². The number of methoxy groups -OCH3 is 2. The van der Waals surface area contributed by atoms with Crippen molar-refractivity contribution in [2.45, 2.75) is 20.1 Å². The molecule has 0 spiro atoms. The van der Waals surface area contributed by atoms with Crippen molar-refractivity contribution in [1.82, 2.24) is 4.90 Å². The second-order valence-corrected chi connectivity index (χ2v) is 8.63. The Morgan fingerprint density at radius 1 is 1.15 bits per heavy atom. The van der Waals surface area contributed by atoms with E-state index < -0.39 is 0 Å². The summed E-state index contributed by atoms with van der Waals surface area (Å²) in [5.74, 6) is 0.944. The highest BCUT2D eigenvalue weighted by molar-refractivity contribution is 6.31. The number of Topliss-reactive ketones (excluding diaryl/α,β-unsaturated/α-hetero) is 1. The van der Waals surface area contributed by atoms with E-state index in [1.165, 1.54) is 0 Å². The first-order valence-corrected chi connectivity index (χ1v) is 11.3. The van der Waals surface area contributed by atoms with Crippen molar-refractivity contribution in [2.75, 3.05) is 47.3 Å². The Morgan fingerprint density at radius 2 is 1.88 bits per heavy atom. The average molecular weight is 490 g/mol. The summed E-state index contributed by atoms with van der Waals surface area (Å²) in [4.78, 5) is 15.4. The standard InChI is InChI=1S/C25H28ClNO7/c1-15-8-20(28)19(12-27(4-6-30-2)5-7-31-3)25-22(15)23(29)21(34-25)11-16-9-18(26)10-17-13-32-14-33-24(16)17/h8-11,28H,4-7,12-14H2,1-3H3/b21-11+. The van der Waals surface area contributed by atoms with E-state index in [0.29, 0.717) is 78.2 Å². The SMILES string of the molecule is COCCN(CCOC)Cc1c(O)cc(C)c2c1O/C(=C/c1cc(Cl)cc3c1OCOC3)C2=O. The van der Waals surface area contributed by atoms with Gasteiger partial charge in [-0.3, -0.25) is 9.69 Å². The van der Waals surface area contributed by atoms with Crippen LogP contribution in [0.25, 0.3) is 6.08 Å². The lowest BCUT2D eigenvalue weighted by molar-refractivity contribution is -0.0165. The van der Waals surface area contributed by atoms with Crippen molar-refractivity contribution in [2.24, 2.45) is 0 Å². The Bertz CT molecular complexity index is 1110. The molecule has 182 valence electrons. The molecule has 0 amide bonds. The molecule has 0 saturated carbocycles. The number of hydrogen-bond donors (Lipinski definition) is 1. The Hall–Kier alpha value is -2.62. The van der Waals surface area contributed by atoms with E-state index in [4.69, 9.17) is 35.3 Å². The van der Waals surface area contributed by atoms with Crippen LogP contribution in [0.2, 0.25) is 5.02 Å². The first kappa shape index (κ1) is 24.5. The van der Waals surface area contributed by atoms with Crippen LogP contribution in [-0.4, -0.2) is 63.1 Å². The molecule has 0 unspecified atom stereocenters. The van der Waals surface area contributed by atoms with Gasteiger partial charge in [0.25, 0.3) is 0 Å². The summed E-state index contributed by atoms with van der Waals surface area (Å²) in [6.07, 6.45) is 1.63. The molecular weight excluding hydrogens is 462 g/mol. The zero-order chi connectivity index (χ0) is 24.2. The summed E-state index contributed by atoms with van der Waals surface area (Å²) in [5.41, 5.74) is 3.06. The number of phenolic OH excluding ortho intramolecular Hbond substituents is 1. The van der Waals surface area contributed by atoms with Crippen LogP contribution < -0.4 is 9.47 Å². The number of benzene rings is 2. The normalized spacial score (nSPS) is 15.9. The van der Waals surface area contributed by atoms with Crippen LogP contribution >= 0.6 is 11.6 Å². The number of carbonyl (C=O) groups is 1. The molecule has 2 aromatic carbocycles. The largest absolute Gasteiger partial charge is 0.507 e. The molecule has 0 atom stereocenters. The van der Waals surface area contributed by atoms with Gasteiger partial charge in [0.15, 0.2) is 12.6 Å². The number of fused-ring (bicyclic) bond motifs is 2. The lowest BCUT2D eigenvalue weighted by Gasteiger charge is -2.23. The van der Waals surface area contributed by atoms with Gasteiger partial charge in [-0.05, 0) is 36.8 Å². The Morgan fingerprint density at radius 3 is 2.59 bits per heavy atom. The number of aryl methyl sites for hydroxylation is 1. The van der Waals surface area contributed by atoms with E-state index in [0.717, 1.165) is 5.56 Å². The number of hydrogen-bond acceptors (Lipinski definition) is 8. The highest BCUT2D eigenvalue weighted by atomic mass is 35.5. The highest BCUT2D eigenvalue weighted by Gasteiger charge is 2.34. The summed E-state index contributed by atoms with van der Waals surface area (Å²) in [5, 5.41) is 11.3. The Balaban J connectivity index is 1.70. The van der Waals surface area contributed by atoms with Crippen molar-refractivity contribution >= 4 is 23.5 Å². The molecule has 1 N–H and O–H groups in total. The molecule has 2 aliphatic rings. The molecule has 0 fully saturated rings. The summed E-state index contributed by atoms with van der Waals surface area (Å²) < 4.78 is 27.5. The zero-order valence-corrected chi connectivity index (χ0v) is 20.2. The first-order chi connectivity index (χ1) is 16.4. The van der Waals surface area contributed by atoms with Gasteiger partial charge in [-0.2, -0.15) is 0 Å². The molecular formula is C25H28ClNO7. The second-order valence-electron chi connectivity index (χ2n) is 8.19. The smallest absolute Gasteiger partial charge is 0.232 e. The molecule has 0 radical (unpaired) electrons. The summed E-state index contributed by atoms with van der Waals surface area (Å²) in [7, 11) is 3.28. The number of rotatable bonds is 9. The molecule has 2 aliphatic heterocycles. The Labute approximate surface area is 203 Å². The maximum Gasteiger partial charge on any atom is 0.232 e. The van der Waals surface area contributed by atoms with Crippen LogP contribution in [0.3, 0.4) is 0 Å². The molecule has 9 heteroatoms. The number of carbonyl (C=O) groups excluding carboxylic acids is 1. The molecule has 0 aliphatic carbocycles. The molecule has 34 heavy (non-hydrogen) atoms. The van der Waals surface area contributed by atoms with Crippen molar-refractivity contribution in [3.63, 3.8) is 0 Å². The monoisotopic (exact) mass is 489 g/mol. The molecule has 2 aromatic rings.